The highest BCUT2D eigenvalue weighted by atomic mass is 32.2. The number of nitrogens with zero attached hydrogens (tertiary/aromatic N) is 5. The number of urea groups is 1. The molecular formula is C13H15N7O2S. The molecular weight excluding hydrogens is 318 g/mol. The van der Waals surface area contributed by atoms with Crippen LogP contribution in [0.15, 0.2) is 22.9 Å². The zero-order valence-electron chi connectivity index (χ0n) is 12.6. The number of hydrogen-bond acceptors (Lipinski definition) is 7. The summed E-state index contributed by atoms with van der Waals surface area (Å²) >= 11 is 1.60. The van der Waals surface area contributed by atoms with E-state index in [9.17, 15) is 4.79 Å². The Labute approximate surface area is 135 Å². The molecule has 0 saturated carbocycles. The number of rotatable bonds is 5. The zero-order chi connectivity index (χ0) is 16.2. The van der Waals surface area contributed by atoms with Crippen LogP contribution in [0.1, 0.15) is 17.5 Å². The van der Waals surface area contributed by atoms with Crippen molar-refractivity contribution in [1.29, 1.82) is 0 Å². The molecule has 2 amide bonds. The number of carbonyl (C=O) groups is 1. The first-order valence-corrected chi connectivity index (χ1v) is 8.22. The van der Waals surface area contributed by atoms with Crippen molar-refractivity contribution in [1.82, 2.24) is 30.1 Å². The van der Waals surface area contributed by atoms with Crippen LogP contribution in [-0.4, -0.2) is 37.0 Å². The summed E-state index contributed by atoms with van der Waals surface area (Å²) in [6, 6.07) is 3.15. The number of pyridine rings is 1. The Kier molecular flexibility index (Phi) is 4.42. The van der Waals surface area contributed by atoms with Crippen molar-refractivity contribution in [3.8, 4) is 0 Å². The largest absolute Gasteiger partial charge is 0.337 e. The number of aryl methyl sites for hydroxylation is 1. The first-order valence-electron chi connectivity index (χ1n) is 6.83. The fourth-order valence-electron chi connectivity index (χ4n) is 1.98. The molecule has 2 N–H and O–H groups in total. The molecule has 0 fully saturated rings. The van der Waals surface area contributed by atoms with E-state index in [4.69, 9.17) is 4.52 Å². The van der Waals surface area contributed by atoms with Crippen molar-refractivity contribution >= 4 is 29.1 Å². The third-order valence-corrected chi connectivity index (χ3v) is 3.45. The summed E-state index contributed by atoms with van der Waals surface area (Å²) in [5.41, 5.74) is 1.15. The normalized spacial score (nSPS) is 10.9. The van der Waals surface area contributed by atoms with E-state index in [0.29, 0.717) is 34.6 Å². The summed E-state index contributed by atoms with van der Waals surface area (Å²) < 4.78 is 6.66. The van der Waals surface area contributed by atoms with Crippen molar-refractivity contribution < 1.29 is 9.32 Å². The van der Waals surface area contributed by atoms with Gasteiger partial charge in [-0.2, -0.15) is 21.8 Å². The molecule has 0 bridgehead atoms. The molecule has 0 aliphatic carbocycles. The Morgan fingerprint density at radius 2 is 2.30 bits per heavy atom. The van der Waals surface area contributed by atoms with Gasteiger partial charge in [0.25, 0.3) is 0 Å². The van der Waals surface area contributed by atoms with E-state index in [1.54, 1.807) is 41.5 Å². The van der Waals surface area contributed by atoms with Gasteiger partial charge in [0.15, 0.2) is 11.5 Å². The summed E-state index contributed by atoms with van der Waals surface area (Å²) in [5, 5.41) is 13.4. The van der Waals surface area contributed by atoms with Crippen LogP contribution in [-0.2, 0) is 12.3 Å². The molecule has 0 spiro atoms. The lowest BCUT2D eigenvalue weighted by Crippen LogP contribution is -2.28. The van der Waals surface area contributed by atoms with Crippen LogP contribution in [0.5, 0.6) is 0 Å². The molecule has 0 saturated heterocycles. The molecule has 3 aromatic rings. The molecule has 10 heteroatoms. The Hall–Kier alpha value is -2.62. The third-order valence-electron chi connectivity index (χ3n) is 2.90. The minimum atomic E-state index is -0.386. The van der Waals surface area contributed by atoms with Gasteiger partial charge >= 0.3 is 6.03 Å². The van der Waals surface area contributed by atoms with Gasteiger partial charge in [0.1, 0.15) is 5.82 Å². The lowest BCUT2D eigenvalue weighted by molar-refractivity contribution is 0.249. The average Bonchev–Trinajstić information content (AvgIpc) is 3.12. The summed E-state index contributed by atoms with van der Waals surface area (Å²) in [6.45, 7) is 1.95. The molecule has 3 rings (SSSR count). The fraction of sp³-hybridized carbons (Fsp3) is 0.308. The molecule has 0 atom stereocenters. The Morgan fingerprint density at radius 1 is 1.43 bits per heavy atom. The van der Waals surface area contributed by atoms with E-state index >= 15 is 0 Å². The summed E-state index contributed by atoms with van der Waals surface area (Å²) in [6.07, 6.45) is 3.72. The van der Waals surface area contributed by atoms with Gasteiger partial charge in [-0.25, -0.2) is 14.3 Å². The van der Waals surface area contributed by atoms with Crippen molar-refractivity contribution in [3.63, 3.8) is 0 Å². The number of amides is 2. The monoisotopic (exact) mass is 333 g/mol. The van der Waals surface area contributed by atoms with E-state index in [-0.39, 0.29) is 12.6 Å². The second-order valence-corrected chi connectivity index (χ2v) is 5.56. The van der Waals surface area contributed by atoms with E-state index in [0.717, 1.165) is 0 Å². The van der Waals surface area contributed by atoms with Crippen molar-refractivity contribution in [3.05, 3.63) is 35.9 Å². The molecule has 3 aromatic heterocycles. The summed E-state index contributed by atoms with van der Waals surface area (Å²) in [7, 11) is 0. The highest BCUT2D eigenvalue weighted by molar-refractivity contribution is 7.97. The van der Waals surface area contributed by atoms with Crippen molar-refractivity contribution in [2.24, 2.45) is 0 Å². The number of hydrogen-bond donors (Lipinski definition) is 2. The maximum atomic E-state index is 12.0. The highest BCUT2D eigenvalue weighted by Crippen LogP contribution is 2.14. The zero-order valence-corrected chi connectivity index (χ0v) is 13.4. The molecule has 23 heavy (non-hydrogen) atoms. The first-order chi connectivity index (χ1) is 11.2. The lowest BCUT2D eigenvalue weighted by Gasteiger charge is -2.06. The van der Waals surface area contributed by atoms with Crippen molar-refractivity contribution in [2.45, 2.75) is 19.2 Å². The Morgan fingerprint density at radius 3 is 3.13 bits per heavy atom. The SMILES string of the molecule is CSCc1noc(CNC(=O)Nc2cccn3nc(C)nc23)n1. The number of anilines is 1. The van der Waals surface area contributed by atoms with Crippen molar-refractivity contribution in [2.75, 3.05) is 11.6 Å². The Balaban J connectivity index is 1.62. The van der Waals surface area contributed by atoms with Gasteiger partial charge in [0, 0.05) is 6.20 Å². The fourth-order valence-corrected chi connectivity index (χ4v) is 2.36. The van der Waals surface area contributed by atoms with Gasteiger partial charge in [-0.15, -0.1) is 0 Å². The van der Waals surface area contributed by atoms with Crippen LogP contribution in [0.25, 0.3) is 5.65 Å². The van der Waals surface area contributed by atoms with Crippen LogP contribution in [0.4, 0.5) is 10.5 Å². The van der Waals surface area contributed by atoms with Gasteiger partial charge < -0.3 is 15.2 Å². The average molecular weight is 333 g/mol. The van der Waals surface area contributed by atoms with Crippen LogP contribution in [0.2, 0.25) is 0 Å². The summed E-state index contributed by atoms with van der Waals surface area (Å²) in [4.78, 5) is 20.4. The molecule has 0 aromatic carbocycles. The lowest BCUT2D eigenvalue weighted by atomic mass is 10.4. The second-order valence-electron chi connectivity index (χ2n) is 4.69. The number of fused-ring (bicyclic) bond motifs is 1. The van der Waals surface area contributed by atoms with Gasteiger partial charge in [0.2, 0.25) is 5.89 Å². The highest BCUT2D eigenvalue weighted by Gasteiger charge is 2.10. The number of aromatic nitrogens is 5. The maximum Gasteiger partial charge on any atom is 0.319 e. The molecule has 3 heterocycles. The molecule has 0 radical (unpaired) electrons. The minimum absolute atomic E-state index is 0.155. The van der Waals surface area contributed by atoms with E-state index < -0.39 is 0 Å². The summed E-state index contributed by atoms with van der Waals surface area (Å²) in [5.74, 6) is 2.27. The van der Waals surface area contributed by atoms with Crippen LogP contribution in [0, 0.1) is 6.92 Å². The van der Waals surface area contributed by atoms with Crippen LogP contribution >= 0.6 is 11.8 Å². The number of nitrogens with one attached hydrogen (secondary N) is 2. The second kappa shape index (κ2) is 6.65. The first kappa shape index (κ1) is 15.3. The molecule has 9 nitrogen and oxygen atoms in total. The van der Waals surface area contributed by atoms with Gasteiger partial charge in [0.05, 0.1) is 18.0 Å². The smallest absolute Gasteiger partial charge is 0.319 e. The van der Waals surface area contributed by atoms with Gasteiger partial charge in [-0.3, -0.25) is 0 Å². The molecule has 0 aliphatic rings. The van der Waals surface area contributed by atoms with E-state index in [1.165, 1.54) is 0 Å². The Bertz CT molecular complexity index is 829. The topological polar surface area (TPSA) is 110 Å². The number of carbonyl (C=O) groups excluding carboxylic acids is 1. The van der Waals surface area contributed by atoms with Gasteiger partial charge in [-0.1, -0.05) is 5.16 Å². The predicted octanol–water partition coefficient (Wildman–Crippen LogP) is 1.61. The molecule has 0 aliphatic heterocycles. The number of thioether (sulfide) groups is 1. The minimum Gasteiger partial charge on any atom is -0.337 e. The van der Waals surface area contributed by atoms with E-state index in [2.05, 4.69) is 30.9 Å². The standard InChI is InChI=1S/C13H15N7O2S/c1-8-15-12-9(4-3-5-20(12)18-8)16-13(21)14-6-11-17-10(7-23-2)19-22-11/h3-5H,6-7H2,1-2H3,(H2,14,16,21). The quantitative estimate of drug-likeness (QED) is 0.729. The van der Waals surface area contributed by atoms with Gasteiger partial charge in [-0.05, 0) is 25.3 Å². The molecule has 120 valence electrons. The molecule has 0 unspecified atom stereocenters. The van der Waals surface area contributed by atoms with E-state index in [1.807, 2.05) is 6.26 Å². The van der Waals surface area contributed by atoms with Crippen LogP contribution < -0.4 is 10.6 Å². The van der Waals surface area contributed by atoms with Crippen LogP contribution in [0.3, 0.4) is 0 Å². The predicted molar refractivity (Wildman–Crippen MR) is 85.1 cm³/mol. The third kappa shape index (κ3) is 3.59. The maximum absolute atomic E-state index is 12.0.